The van der Waals surface area contributed by atoms with Crippen molar-refractivity contribution in [2.45, 2.75) is 58.0 Å². The van der Waals surface area contributed by atoms with Crippen molar-refractivity contribution < 1.29 is 0 Å². The highest BCUT2D eigenvalue weighted by molar-refractivity contribution is 7.11. The molecule has 168 valence electrons. The van der Waals surface area contributed by atoms with Crippen molar-refractivity contribution in [3.63, 3.8) is 0 Å². The van der Waals surface area contributed by atoms with Crippen molar-refractivity contribution >= 4 is 57.7 Å². The first-order valence-electron chi connectivity index (χ1n) is 10.8. The zero-order valence-electron chi connectivity index (χ0n) is 18.2. The molecule has 1 aliphatic rings. The molecule has 0 aliphatic carbocycles. The van der Waals surface area contributed by atoms with E-state index >= 15 is 0 Å². The van der Waals surface area contributed by atoms with Crippen molar-refractivity contribution in [3.8, 4) is 0 Å². The summed E-state index contributed by atoms with van der Waals surface area (Å²) in [6.07, 6.45) is 3.50. The van der Waals surface area contributed by atoms with Crippen LogP contribution >= 0.6 is 46.1 Å². The normalized spacial score (nSPS) is 19.3. The molecule has 2 heterocycles. The molecule has 4 rings (SSSR count). The lowest BCUT2D eigenvalue weighted by Gasteiger charge is -2.27. The predicted octanol–water partition coefficient (Wildman–Crippen LogP) is 8.19. The Bertz CT molecular complexity index is 1110. The van der Waals surface area contributed by atoms with Crippen LogP contribution in [0.2, 0.25) is 15.1 Å². The summed E-state index contributed by atoms with van der Waals surface area (Å²) in [7, 11) is 0. The molecule has 0 saturated carbocycles. The van der Waals surface area contributed by atoms with Crippen molar-refractivity contribution in [1.82, 2.24) is 10.2 Å². The van der Waals surface area contributed by atoms with Crippen LogP contribution in [0.4, 0.5) is 5.69 Å². The number of amidine groups is 1. The molecule has 0 saturated heterocycles. The van der Waals surface area contributed by atoms with Gasteiger partial charge in [-0.1, -0.05) is 72.8 Å². The molecule has 0 amide bonds. The van der Waals surface area contributed by atoms with Crippen LogP contribution in [0.5, 0.6) is 0 Å². The van der Waals surface area contributed by atoms with Gasteiger partial charge in [0.15, 0.2) is 0 Å². The number of anilines is 1. The predicted molar refractivity (Wildman–Crippen MR) is 137 cm³/mol. The van der Waals surface area contributed by atoms with Gasteiger partial charge in [0.2, 0.25) is 0 Å². The van der Waals surface area contributed by atoms with E-state index in [1.165, 1.54) is 12.8 Å². The van der Waals surface area contributed by atoms with Crippen molar-refractivity contribution in [2.75, 3.05) is 4.90 Å². The third-order valence-electron chi connectivity index (χ3n) is 5.75. The van der Waals surface area contributed by atoms with Gasteiger partial charge in [-0.3, -0.25) is 4.99 Å². The minimum atomic E-state index is -0.142. The fraction of sp³-hybridized carbons (Fsp3) is 0.375. The molecule has 32 heavy (non-hydrogen) atoms. The van der Waals surface area contributed by atoms with Gasteiger partial charge in [0, 0.05) is 27.2 Å². The van der Waals surface area contributed by atoms with Gasteiger partial charge in [0.1, 0.15) is 21.9 Å². The summed E-state index contributed by atoms with van der Waals surface area (Å²) in [5.74, 6) is 1.20. The second-order valence-corrected chi connectivity index (χ2v) is 10.5. The zero-order valence-corrected chi connectivity index (χ0v) is 21.3. The largest absolute Gasteiger partial charge is 0.321 e. The van der Waals surface area contributed by atoms with Gasteiger partial charge in [-0.05, 0) is 55.8 Å². The van der Waals surface area contributed by atoms with E-state index in [0.29, 0.717) is 21.0 Å². The smallest absolute Gasteiger partial charge is 0.144 e. The van der Waals surface area contributed by atoms with Gasteiger partial charge >= 0.3 is 0 Å². The first-order chi connectivity index (χ1) is 15.4. The Morgan fingerprint density at radius 2 is 1.75 bits per heavy atom. The fourth-order valence-corrected chi connectivity index (χ4v) is 5.61. The van der Waals surface area contributed by atoms with Gasteiger partial charge in [0.05, 0.1) is 11.1 Å². The number of halogens is 3. The van der Waals surface area contributed by atoms with Crippen LogP contribution in [0.1, 0.15) is 67.6 Å². The van der Waals surface area contributed by atoms with Crippen LogP contribution in [-0.4, -0.2) is 22.1 Å². The summed E-state index contributed by atoms with van der Waals surface area (Å²) in [5.41, 5.74) is 1.83. The van der Waals surface area contributed by atoms with Crippen LogP contribution in [-0.2, 0) is 0 Å². The minimum Gasteiger partial charge on any atom is -0.321 e. The van der Waals surface area contributed by atoms with E-state index < -0.39 is 0 Å². The average molecular weight is 508 g/mol. The number of aliphatic imine (C=N–C) groups is 1. The maximum absolute atomic E-state index is 6.58. The molecule has 1 aliphatic heterocycles. The number of nitrogens with zero attached hydrogens (tertiary/aromatic N) is 4. The molecule has 8 heteroatoms. The van der Waals surface area contributed by atoms with Crippen LogP contribution in [0.25, 0.3) is 0 Å². The topological polar surface area (TPSA) is 41.4 Å². The number of rotatable bonds is 7. The van der Waals surface area contributed by atoms with Crippen molar-refractivity contribution in [1.29, 1.82) is 0 Å². The van der Waals surface area contributed by atoms with Gasteiger partial charge in [-0.15, -0.1) is 10.2 Å². The maximum atomic E-state index is 6.58. The molecule has 3 unspecified atom stereocenters. The minimum absolute atomic E-state index is 0.0321. The van der Waals surface area contributed by atoms with E-state index in [1.54, 1.807) is 17.4 Å². The highest BCUT2D eigenvalue weighted by Crippen LogP contribution is 2.40. The Morgan fingerprint density at radius 3 is 2.44 bits per heavy atom. The molecule has 3 atom stereocenters. The lowest BCUT2D eigenvalue weighted by Crippen LogP contribution is -2.36. The molecule has 0 fully saturated rings. The maximum Gasteiger partial charge on any atom is 0.144 e. The summed E-state index contributed by atoms with van der Waals surface area (Å²) >= 11 is 20.5. The fourth-order valence-electron chi connectivity index (χ4n) is 3.93. The molecule has 2 aromatic carbocycles. The molecule has 1 aromatic heterocycles. The van der Waals surface area contributed by atoms with Crippen molar-refractivity contribution in [3.05, 3.63) is 73.1 Å². The first-order valence-corrected chi connectivity index (χ1v) is 12.8. The molecule has 3 aromatic rings. The molecular weight excluding hydrogens is 483 g/mol. The molecular formula is C24H25Cl3N4S. The molecule has 0 N–H and O–H groups in total. The first kappa shape index (κ1) is 23.5. The number of hydrogen-bond acceptors (Lipinski definition) is 5. The van der Waals surface area contributed by atoms with Crippen LogP contribution in [0.3, 0.4) is 0 Å². The van der Waals surface area contributed by atoms with Gasteiger partial charge in [-0.2, -0.15) is 0 Å². The average Bonchev–Trinajstić information content (AvgIpc) is 3.38. The lowest BCUT2D eigenvalue weighted by atomic mass is 10.1. The second-order valence-electron chi connectivity index (χ2n) is 8.13. The van der Waals surface area contributed by atoms with E-state index in [-0.39, 0.29) is 12.1 Å². The Labute approximate surface area is 208 Å². The van der Waals surface area contributed by atoms with Crippen LogP contribution in [0.15, 0.2) is 47.5 Å². The quantitative estimate of drug-likeness (QED) is 0.324. The summed E-state index contributed by atoms with van der Waals surface area (Å²) in [6, 6.07) is 13.2. The van der Waals surface area contributed by atoms with Gasteiger partial charge < -0.3 is 4.90 Å². The van der Waals surface area contributed by atoms with Gasteiger partial charge in [-0.25, -0.2) is 0 Å². The lowest BCUT2D eigenvalue weighted by molar-refractivity contribution is 0.606. The summed E-state index contributed by atoms with van der Waals surface area (Å²) < 4.78 is 0. The van der Waals surface area contributed by atoms with E-state index in [9.17, 15) is 0 Å². The van der Waals surface area contributed by atoms with Crippen LogP contribution in [0, 0.1) is 0 Å². The highest BCUT2D eigenvalue weighted by atomic mass is 35.5. The van der Waals surface area contributed by atoms with Gasteiger partial charge in [0.25, 0.3) is 0 Å². The Morgan fingerprint density at radius 1 is 1.03 bits per heavy atom. The SMILES string of the molecule is CCCCC(C)c1nnc(C2N=C(c3ccc(Cl)cc3Cl)N(c3ccc(Cl)cc3)C2C)s1. The molecule has 0 radical (unpaired) electrons. The summed E-state index contributed by atoms with van der Waals surface area (Å²) in [6.45, 7) is 6.59. The molecule has 4 nitrogen and oxygen atoms in total. The standard InChI is InChI=1S/C24H25Cl3N4S/c1-4-5-6-14(2)23-29-30-24(32-23)21-15(3)31(18-10-7-16(25)8-11-18)22(28-21)19-12-9-17(26)13-20(19)27/h7-15,21H,4-6H2,1-3H3. The Hall–Kier alpha value is -1.66. The second kappa shape index (κ2) is 10.1. The monoisotopic (exact) mass is 506 g/mol. The molecule has 0 spiro atoms. The number of benzene rings is 2. The number of unbranched alkanes of at least 4 members (excludes halogenated alkanes) is 1. The third-order valence-corrected chi connectivity index (χ3v) is 7.78. The summed E-state index contributed by atoms with van der Waals surface area (Å²) in [5, 5.41) is 12.9. The zero-order chi connectivity index (χ0) is 22.8. The Kier molecular flexibility index (Phi) is 7.40. The van der Waals surface area contributed by atoms with E-state index in [4.69, 9.17) is 39.8 Å². The highest BCUT2D eigenvalue weighted by Gasteiger charge is 2.38. The number of aromatic nitrogens is 2. The third kappa shape index (κ3) is 4.81. The summed E-state index contributed by atoms with van der Waals surface area (Å²) in [4.78, 5) is 7.30. The van der Waals surface area contributed by atoms with E-state index in [0.717, 1.165) is 33.5 Å². The van der Waals surface area contributed by atoms with Crippen LogP contribution < -0.4 is 4.90 Å². The van der Waals surface area contributed by atoms with E-state index in [2.05, 4.69) is 35.9 Å². The number of hydrogen-bond donors (Lipinski definition) is 0. The van der Waals surface area contributed by atoms with E-state index in [1.807, 2.05) is 36.4 Å². The Balaban J connectivity index is 1.73. The molecule has 0 bridgehead atoms. The van der Waals surface area contributed by atoms with Crippen molar-refractivity contribution in [2.24, 2.45) is 4.99 Å².